The maximum atomic E-state index is 2.38. The van der Waals surface area contributed by atoms with Crippen LogP contribution in [0.2, 0.25) is 0 Å². The van der Waals surface area contributed by atoms with Crippen molar-refractivity contribution in [3.63, 3.8) is 0 Å². The Labute approximate surface area is 245 Å². The quantitative estimate of drug-likeness (QED) is 0.290. The second kappa shape index (κ2) is 12.1. The minimum Gasteiger partial charge on any atom is -0.0801 e. The van der Waals surface area contributed by atoms with Crippen molar-refractivity contribution >= 4 is 0 Å². The van der Waals surface area contributed by atoms with Gasteiger partial charge in [-0.05, 0) is 74.0 Å². The molecule has 0 atom stereocenters. The van der Waals surface area contributed by atoms with E-state index in [0.717, 1.165) is 19.3 Å². The molecule has 222 valence electrons. The molecule has 0 aromatic rings. The summed E-state index contributed by atoms with van der Waals surface area (Å²) in [7, 11) is 0. The maximum Gasteiger partial charge on any atom is -0.0124 e. The fourth-order valence-corrected chi connectivity index (χ4v) is 5.77. The van der Waals surface area contributed by atoms with Crippen LogP contribution in [-0.4, -0.2) is 0 Å². The van der Waals surface area contributed by atoms with Crippen LogP contribution in [0.15, 0.2) is 69.9 Å². The molecule has 0 spiro atoms. The monoisotopic (exact) mass is 535 g/mol. The minimum atomic E-state index is 0.301. The third-order valence-electron chi connectivity index (χ3n) is 7.84. The second-order valence-electron chi connectivity index (χ2n) is 18.0. The van der Waals surface area contributed by atoms with Crippen molar-refractivity contribution in [1.82, 2.24) is 0 Å². The molecule has 0 aromatic heterocycles. The molecule has 3 aliphatic rings. The second-order valence-corrected chi connectivity index (χ2v) is 18.0. The van der Waals surface area contributed by atoms with Crippen molar-refractivity contribution in [2.24, 2.45) is 32.5 Å². The predicted octanol–water partition coefficient (Wildman–Crippen LogP) is 13.0. The van der Waals surface area contributed by atoms with Crippen LogP contribution >= 0.6 is 0 Å². The first-order chi connectivity index (χ1) is 17.2. The van der Waals surface area contributed by atoms with Crippen molar-refractivity contribution in [2.45, 2.75) is 144 Å². The zero-order chi connectivity index (χ0) is 30.8. The number of hydrogen-bond acceptors (Lipinski definition) is 0. The average molecular weight is 535 g/mol. The lowest BCUT2D eigenvalue weighted by Gasteiger charge is -2.31. The van der Waals surface area contributed by atoms with Crippen molar-refractivity contribution < 1.29 is 0 Å². The van der Waals surface area contributed by atoms with Crippen molar-refractivity contribution in [3.8, 4) is 0 Å². The summed E-state index contributed by atoms with van der Waals surface area (Å²) in [4.78, 5) is 0. The van der Waals surface area contributed by atoms with E-state index >= 15 is 0 Å². The molecule has 0 fully saturated rings. The zero-order valence-electron chi connectivity index (χ0n) is 29.6. The molecular formula is C39H66. The van der Waals surface area contributed by atoms with Crippen LogP contribution in [0.4, 0.5) is 0 Å². The first-order valence-electron chi connectivity index (χ1n) is 15.4. The van der Waals surface area contributed by atoms with E-state index in [1.807, 2.05) is 0 Å². The van der Waals surface area contributed by atoms with Crippen LogP contribution in [0.5, 0.6) is 0 Å². The molecule has 0 nitrogen and oxygen atoms in total. The third kappa shape index (κ3) is 10.4. The normalized spacial score (nSPS) is 18.6. The lowest BCUT2D eigenvalue weighted by Crippen LogP contribution is -2.18. The van der Waals surface area contributed by atoms with Crippen molar-refractivity contribution in [1.29, 1.82) is 0 Å². The Kier molecular flexibility index (Phi) is 11.0. The molecule has 0 radical (unpaired) electrons. The van der Waals surface area contributed by atoms with Crippen LogP contribution < -0.4 is 0 Å². The molecule has 3 rings (SSSR count). The predicted molar refractivity (Wildman–Crippen MR) is 179 cm³/mol. The van der Waals surface area contributed by atoms with Gasteiger partial charge in [0.05, 0.1) is 0 Å². The summed E-state index contributed by atoms with van der Waals surface area (Å²) in [6.45, 7) is 41.4. The Morgan fingerprint density at radius 1 is 0.385 bits per heavy atom. The first kappa shape index (κ1) is 35.5. The maximum absolute atomic E-state index is 2.38. The Bertz CT molecular complexity index is 942. The van der Waals surface area contributed by atoms with Crippen LogP contribution in [0.1, 0.15) is 144 Å². The lowest BCUT2D eigenvalue weighted by molar-refractivity contribution is 0.449. The number of allylic oxidation sites excluding steroid dienone is 12. The van der Waals surface area contributed by atoms with Gasteiger partial charge < -0.3 is 0 Å². The average Bonchev–Trinajstić information content (AvgIpc) is 3.45. The molecule has 0 N–H and O–H groups in total. The SMILES string of the molecule is CC(C)(C)C1=C(C(C)(C)C)CC=C1.CC(C)(C)C1=C(C(C)(C)C)CC=C1.CC(C)(C)C1=CCC=C1C(C)(C)C. The first-order valence-corrected chi connectivity index (χ1v) is 15.4. The van der Waals surface area contributed by atoms with Crippen molar-refractivity contribution in [2.75, 3.05) is 0 Å². The fraction of sp³-hybridized carbons (Fsp3) is 0.692. The molecule has 39 heavy (non-hydrogen) atoms. The van der Waals surface area contributed by atoms with E-state index in [0.29, 0.717) is 32.5 Å². The Morgan fingerprint density at radius 2 is 0.667 bits per heavy atom. The fourth-order valence-electron chi connectivity index (χ4n) is 5.77. The molecule has 0 unspecified atom stereocenters. The third-order valence-corrected chi connectivity index (χ3v) is 7.84. The smallest absolute Gasteiger partial charge is 0.0124 e. The summed E-state index contributed by atoms with van der Waals surface area (Å²) in [5.41, 5.74) is 11.2. The molecule has 3 aliphatic carbocycles. The molecule has 0 amide bonds. The van der Waals surface area contributed by atoms with Gasteiger partial charge in [0.1, 0.15) is 0 Å². The van der Waals surface area contributed by atoms with E-state index in [2.05, 4.69) is 161 Å². The highest BCUT2D eigenvalue weighted by atomic mass is 14.4. The van der Waals surface area contributed by atoms with Gasteiger partial charge >= 0.3 is 0 Å². The molecule has 0 heteroatoms. The van der Waals surface area contributed by atoms with Gasteiger partial charge in [0.2, 0.25) is 0 Å². The van der Waals surface area contributed by atoms with E-state index in [4.69, 9.17) is 0 Å². The molecular weight excluding hydrogens is 468 g/mol. The van der Waals surface area contributed by atoms with E-state index in [-0.39, 0.29) is 0 Å². The van der Waals surface area contributed by atoms with Gasteiger partial charge in [-0.15, -0.1) is 0 Å². The molecule has 0 saturated heterocycles. The summed E-state index contributed by atoms with van der Waals surface area (Å²) in [6, 6.07) is 0. The summed E-state index contributed by atoms with van der Waals surface area (Å²) in [5.74, 6) is 0. The van der Waals surface area contributed by atoms with Gasteiger partial charge in [-0.2, -0.15) is 0 Å². The lowest BCUT2D eigenvalue weighted by atomic mass is 9.74. The van der Waals surface area contributed by atoms with Crippen molar-refractivity contribution in [3.05, 3.63) is 69.9 Å². The largest absolute Gasteiger partial charge is 0.0801 e. The summed E-state index contributed by atoms with van der Waals surface area (Å²) < 4.78 is 0. The Hall–Kier alpha value is -1.56. The van der Waals surface area contributed by atoms with Gasteiger partial charge in [-0.25, -0.2) is 0 Å². The zero-order valence-corrected chi connectivity index (χ0v) is 29.6. The van der Waals surface area contributed by atoms with E-state index in [1.54, 1.807) is 33.4 Å². The molecule has 0 aromatic carbocycles. The van der Waals surface area contributed by atoms with E-state index < -0.39 is 0 Å². The van der Waals surface area contributed by atoms with Gasteiger partial charge in [0.15, 0.2) is 0 Å². The Morgan fingerprint density at radius 3 is 0.846 bits per heavy atom. The standard InChI is InChI=1S/3C13H22/c3*1-12(2,3)10-8-7-9-11(10)13(4,5)6/h8-9H,7H2,1-6H3;2*7-8H,9H2,1-6H3. The van der Waals surface area contributed by atoms with Gasteiger partial charge in [-0.3, -0.25) is 0 Å². The molecule has 0 saturated carbocycles. The summed E-state index contributed by atoms with van der Waals surface area (Å²) in [6.07, 6.45) is 17.4. The van der Waals surface area contributed by atoms with Gasteiger partial charge in [0.25, 0.3) is 0 Å². The van der Waals surface area contributed by atoms with Crippen LogP contribution in [0.25, 0.3) is 0 Å². The topological polar surface area (TPSA) is 0 Å². The summed E-state index contributed by atoms with van der Waals surface area (Å²) in [5, 5.41) is 0. The van der Waals surface area contributed by atoms with E-state index in [1.165, 1.54) is 0 Å². The molecule has 0 bridgehead atoms. The van der Waals surface area contributed by atoms with Gasteiger partial charge in [-0.1, -0.05) is 172 Å². The van der Waals surface area contributed by atoms with Crippen LogP contribution in [0.3, 0.4) is 0 Å². The highest BCUT2D eigenvalue weighted by Crippen LogP contribution is 2.44. The number of hydrogen-bond donors (Lipinski definition) is 0. The minimum absolute atomic E-state index is 0.301. The summed E-state index contributed by atoms with van der Waals surface area (Å²) >= 11 is 0. The van der Waals surface area contributed by atoms with Gasteiger partial charge in [0, 0.05) is 0 Å². The Balaban J connectivity index is 0.000000292. The molecule has 0 aliphatic heterocycles. The number of rotatable bonds is 0. The highest BCUT2D eigenvalue weighted by Gasteiger charge is 2.30. The highest BCUT2D eigenvalue weighted by molar-refractivity contribution is 5.44. The van der Waals surface area contributed by atoms with E-state index in [9.17, 15) is 0 Å². The molecule has 0 heterocycles. The van der Waals surface area contributed by atoms with Crippen LogP contribution in [0, 0.1) is 32.5 Å². The van der Waals surface area contributed by atoms with Crippen LogP contribution in [-0.2, 0) is 0 Å².